The normalized spacial score (nSPS) is 29.7. The molecule has 2 heteroatoms. The van der Waals surface area contributed by atoms with Gasteiger partial charge in [0.25, 0.3) is 0 Å². The van der Waals surface area contributed by atoms with Crippen LogP contribution in [0.25, 0.3) is 0 Å². The standard InChI is InChI=1S/C26H39NO/c1-19(2)10-8-11-20(3)23-15-16-24-21(12-9-17-26(23,24)4)18-25(28)27-22-13-6-5-7-14-22/h5-7,13-14,18-20,23-24H,8-12,15-17H2,1-4H3,(H,27,28)/b21-18+/t20-,23-,24+,26-/m1/s1. The van der Waals surface area contributed by atoms with Gasteiger partial charge in [-0.05, 0) is 73.3 Å². The van der Waals surface area contributed by atoms with E-state index >= 15 is 0 Å². The molecule has 2 fully saturated rings. The van der Waals surface area contributed by atoms with E-state index in [1.807, 2.05) is 36.4 Å². The van der Waals surface area contributed by atoms with Crippen molar-refractivity contribution in [1.29, 1.82) is 0 Å². The predicted molar refractivity (Wildman–Crippen MR) is 119 cm³/mol. The minimum atomic E-state index is 0.0406. The first-order valence-corrected chi connectivity index (χ1v) is 11.5. The number of carbonyl (C=O) groups excluding carboxylic acids is 1. The number of hydrogen-bond acceptors (Lipinski definition) is 1. The Labute approximate surface area is 172 Å². The Morgan fingerprint density at radius 3 is 2.64 bits per heavy atom. The molecule has 0 unspecified atom stereocenters. The SMILES string of the molecule is CC(C)CCC[C@@H](C)[C@H]1CC[C@H]2/C(=C/C(=O)Nc3ccccc3)CCC[C@]12C. The summed E-state index contributed by atoms with van der Waals surface area (Å²) in [5, 5.41) is 3.04. The van der Waals surface area contributed by atoms with Crippen molar-refractivity contribution < 1.29 is 4.79 Å². The number of amides is 1. The summed E-state index contributed by atoms with van der Waals surface area (Å²) in [7, 11) is 0. The summed E-state index contributed by atoms with van der Waals surface area (Å²) < 4.78 is 0. The van der Waals surface area contributed by atoms with Gasteiger partial charge in [0.15, 0.2) is 0 Å². The van der Waals surface area contributed by atoms with Crippen molar-refractivity contribution in [3.8, 4) is 0 Å². The maximum atomic E-state index is 12.6. The van der Waals surface area contributed by atoms with E-state index in [1.165, 1.54) is 50.5 Å². The van der Waals surface area contributed by atoms with Crippen molar-refractivity contribution in [1.82, 2.24) is 0 Å². The van der Waals surface area contributed by atoms with Crippen molar-refractivity contribution >= 4 is 11.6 Å². The lowest BCUT2D eigenvalue weighted by atomic mass is 9.60. The third kappa shape index (κ3) is 4.88. The van der Waals surface area contributed by atoms with Crippen LogP contribution in [0, 0.1) is 29.1 Å². The molecular formula is C26H39NO. The first-order chi connectivity index (χ1) is 13.4. The van der Waals surface area contributed by atoms with Gasteiger partial charge >= 0.3 is 0 Å². The molecule has 0 radical (unpaired) electrons. The maximum Gasteiger partial charge on any atom is 0.248 e. The van der Waals surface area contributed by atoms with Gasteiger partial charge in [0, 0.05) is 11.8 Å². The minimum Gasteiger partial charge on any atom is -0.323 e. The molecule has 2 nitrogen and oxygen atoms in total. The number of hydrogen-bond donors (Lipinski definition) is 1. The number of benzene rings is 1. The molecule has 1 amide bonds. The highest BCUT2D eigenvalue weighted by Gasteiger charge is 2.50. The molecular weight excluding hydrogens is 342 g/mol. The number of anilines is 1. The Morgan fingerprint density at radius 1 is 1.18 bits per heavy atom. The molecule has 2 saturated carbocycles. The van der Waals surface area contributed by atoms with E-state index in [0.29, 0.717) is 11.3 Å². The molecule has 0 aliphatic heterocycles. The van der Waals surface area contributed by atoms with Crippen LogP contribution >= 0.6 is 0 Å². The van der Waals surface area contributed by atoms with Gasteiger partial charge in [-0.1, -0.05) is 70.7 Å². The van der Waals surface area contributed by atoms with E-state index in [1.54, 1.807) is 0 Å². The smallest absolute Gasteiger partial charge is 0.248 e. The number of carbonyl (C=O) groups is 1. The van der Waals surface area contributed by atoms with Gasteiger partial charge in [-0.15, -0.1) is 0 Å². The first-order valence-electron chi connectivity index (χ1n) is 11.5. The van der Waals surface area contributed by atoms with E-state index in [-0.39, 0.29) is 5.91 Å². The summed E-state index contributed by atoms with van der Waals surface area (Å²) in [6.07, 6.45) is 12.2. The van der Waals surface area contributed by atoms with Crippen molar-refractivity contribution in [2.24, 2.45) is 29.1 Å². The van der Waals surface area contributed by atoms with Gasteiger partial charge in [-0.25, -0.2) is 0 Å². The highest BCUT2D eigenvalue weighted by Crippen LogP contribution is 2.59. The number of fused-ring (bicyclic) bond motifs is 1. The van der Waals surface area contributed by atoms with E-state index in [0.717, 1.165) is 29.9 Å². The molecule has 4 atom stereocenters. The molecule has 1 aromatic carbocycles. The lowest BCUT2D eigenvalue weighted by molar-refractivity contribution is -0.112. The van der Waals surface area contributed by atoms with Crippen LogP contribution in [0.15, 0.2) is 42.0 Å². The van der Waals surface area contributed by atoms with E-state index in [2.05, 4.69) is 33.0 Å². The molecule has 0 aromatic heterocycles. The second-order valence-corrected chi connectivity index (χ2v) is 9.97. The molecule has 3 rings (SSSR count). The molecule has 0 saturated heterocycles. The Bertz CT molecular complexity index is 677. The van der Waals surface area contributed by atoms with Crippen molar-refractivity contribution in [3.63, 3.8) is 0 Å². The minimum absolute atomic E-state index is 0.0406. The van der Waals surface area contributed by atoms with Gasteiger partial charge in [0.05, 0.1) is 0 Å². The predicted octanol–water partition coefficient (Wildman–Crippen LogP) is 7.23. The Morgan fingerprint density at radius 2 is 1.93 bits per heavy atom. The van der Waals surface area contributed by atoms with E-state index < -0.39 is 0 Å². The highest BCUT2D eigenvalue weighted by atomic mass is 16.1. The average molecular weight is 382 g/mol. The van der Waals surface area contributed by atoms with Gasteiger partial charge in [-0.2, -0.15) is 0 Å². The summed E-state index contributed by atoms with van der Waals surface area (Å²) in [4.78, 5) is 12.6. The van der Waals surface area contributed by atoms with Crippen LogP contribution in [-0.4, -0.2) is 5.91 Å². The van der Waals surface area contributed by atoms with Crippen LogP contribution in [0.1, 0.15) is 79.1 Å². The van der Waals surface area contributed by atoms with Crippen LogP contribution < -0.4 is 5.32 Å². The third-order valence-corrected chi connectivity index (χ3v) is 7.52. The fourth-order valence-electron chi connectivity index (χ4n) is 6.11. The molecule has 0 heterocycles. The lowest BCUT2D eigenvalue weighted by Gasteiger charge is -2.44. The molecule has 2 aliphatic carbocycles. The summed E-state index contributed by atoms with van der Waals surface area (Å²) in [5.74, 6) is 3.06. The van der Waals surface area contributed by atoms with Gasteiger partial charge in [0.1, 0.15) is 0 Å². The van der Waals surface area contributed by atoms with Crippen LogP contribution in [0.5, 0.6) is 0 Å². The number of allylic oxidation sites excluding steroid dienone is 1. The summed E-state index contributed by atoms with van der Waals surface area (Å²) in [6.45, 7) is 9.67. The van der Waals surface area contributed by atoms with Crippen molar-refractivity contribution in [3.05, 3.63) is 42.0 Å². The lowest BCUT2D eigenvalue weighted by Crippen LogP contribution is -2.36. The number of nitrogens with one attached hydrogen (secondary N) is 1. The largest absolute Gasteiger partial charge is 0.323 e. The molecule has 2 aliphatic rings. The number of rotatable bonds is 7. The molecule has 1 aromatic rings. The summed E-state index contributed by atoms with van der Waals surface area (Å²) in [6, 6.07) is 9.80. The van der Waals surface area contributed by atoms with Crippen LogP contribution in [-0.2, 0) is 4.79 Å². The fraction of sp³-hybridized carbons (Fsp3) is 0.654. The highest BCUT2D eigenvalue weighted by molar-refractivity contribution is 5.99. The second kappa shape index (κ2) is 9.29. The molecule has 0 bridgehead atoms. The van der Waals surface area contributed by atoms with Crippen LogP contribution in [0.2, 0.25) is 0 Å². The van der Waals surface area contributed by atoms with E-state index in [9.17, 15) is 4.79 Å². The van der Waals surface area contributed by atoms with Gasteiger partial charge < -0.3 is 5.32 Å². The zero-order valence-corrected chi connectivity index (χ0v) is 18.3. The number of para-hydroxylation sites is 1. The van der Waals surface area contributed by atoms with Crippen molar-refractivity contribution in [2.45, 2.75) is 79.1 Å². The quantitative estimate of drug-likeness (QED) is 0.496. The maximum absolute atomic E-state index is 12.6. The van der Waals surface area contributed by atoms with Crippen LogP contribution in [0.4, 0.5) is 5.69 Å². The monoisotopic (exact) mass is 381 g/mol. The topological polar surface area (TPSA) is 29.1 Å². The average Bonchev–Trinajstić information content (AvgIpc) is 3.00. The second-order valence-electron chi connectivity index (χ2n) is 9.97. The Hall–Kier alpha value is -1.57. The Kier molecular flexibility index (Phi) is 7.01. The van der Waals surface area contributed by atoms with Crippen molar-refractivity contribution in [2.75, 3.05) is 5.32 Å². The fourth-order valence-corrected chi connectivity index (χ4v) is 6.11. The first kappa shape index (κ1) is 21.1. The molecule has 154 valence electrons. The molecule has 28 heavy (non-hydrogen) atoms. The Balaban J connectivity index is 1.66. The third-order valence-electron chi connectivity index (χ3n) is 7.52. The van der Waals surface area contributed by atoms with E-state index in [4.69, 9.17) is 0 Å². The van der Waals surface area contributed by atoms with Crippen LogP contribution in [0.3, 0.4) is 0 Å². The molecule has 1 N–H and O–H groups in total. The zero-order valence-electron chi connectivity index (χ0n) is 18.3. The van der Waals surface area contributed by atoms with Gasteiger partial charge in [-0.3, -0.25) is 4.79 Å². The summed E-state index contributed by atoms with van der Waals surface area (Å²) in [5.41, 5.74) is 2.67. The zero-order chi connectivity index (χ0) is 20.1. The summed E-state index contributed by atoms with van der Waals surface area (Å²) >= 11 is 0. The molecule has 0 spiro atoms. The van der Waals surface area contributed by atoms with Gasteiger partial charge in [0.2, 0.25) is 5.91 Å².